The molecule has 5 heteroatoms. The highest BCUT2D eigenvalue weighted by Gasteiger charge is 2.39. The van der Waals surface area contributed by atoms with Gasteiger partial charge in [0.25, 0.3) is 0 Å². The van der Waals surface area contributed by atoms with Crippen LogP contribution < -0.4 is 10.1 Å². The molecule has 0 heterocycles. The first-order valence-corrected chi connectivity index (χ1v) is 9.30. The molecule has 0 saturated heterocycles. The number of hydrogen-bond acceptors (Lipinski definition) is 3. The van der Waals surface area contributed by atoms with Crippen LogP contribution in [0.4, 0.5) is 0 Å². The number of benzene rings is 2. The van der Waals surface area contributed by atoms with Gasteiger partial charge >= 0.3 is 0 Å². The van der Waals surface area contributed by atoms with Crippen molar-refractivity contribution < 1.29 is 14.3 Å². The fourth-order valence-electron chi connectivity index (χ4n) is 3.01. The zero-order chi connectivity index (χ0) is 17.5. The van der Waals surface area contributed by atoms with E-state index >= 15 is 0 Å². The Balaban J connectivity index is 1.42. The molecule has 3 rings (SSSR count). The molecule has 2 aromatic rings. The van der Waals surface area contributed by atoms with Crippen molar-refractivity contribution in [1.82, 2.24) is 5.32 Å². The van der Waals surface area contributed by atoms with Crippen molar-refractivity contribution in [1.29, 1.82) is 0 Å². The Morgan fingerprint density at radius 1 is 1.08 bits per heavy atom. The highest BCUT2D eigenvalue weighted by Crippen LogP contribution is 2.41. The summed E-state index contributed by atoms with van der Waals surface area (Å²) in [7, 11) is 0. The summed E-state index contributed by atoms with van der Waals surface area (Å²) in [5.41, 5.74) is 0.902. The van der Waals surface area contributed by atoms with Crippen LogP contribution in [0, 0.1) is 0 Å². The van der Waals surface area contributed by atoms with Crippen LogP contribution in [0.2, 0.25) is 0 Å². The number of amides is 1. The molecule has 0 aromatic heterocycles. The zero-order valence-electron chi connectivity index (χ0n) is 14.0. The van der Waals surface area contributed by atoms with Crippen molar-refractivity contribution in [2.45, 2.75) is 24.8 Å². The van der Waals surface area contributed by atoms with Crippen molar-refractivity contribution in [3.05, 3.63) is 64.6 Å². The van der Waals surface area contributed by atoms with Crippen LogP contribution in [0.25, 0.3) is 0 Å². The summed E-state index contributed by atoms with van der Waals surface area (Å²) >= 11 is 3.50. The van der Waals surface area contributed by atoms with Gasteiger partial charge in [0.05, 0.1) is 12.1 Å². The molecule has 1 saturated carbocycles. The van der Waals surface area contributed by atoms with E-state index in [0.29, 0.717) is 13.2 Å². The summed E-state index contributed by atoms with van der Waals surface area (Å²) in [5, 5.41) is 3.16. The molecule has 1 aliphatic rings. The molecule has 1 N–H and O–H groups in total. The lowest BCUT2D eigenvalue weighted by atomic mass is 9.72. The number of carbonyl (C=O) groups is 1. The van der Waals surface area contributed by atoms with Crippen LogP contribution in [-0.4, -0.2) is 25.7 Å². The van der Waals surface area contributed by atoms with E-state index in [9.17, 15) is 4.79 Å². The highest BCUT2D eigenvalue weighted by atomic mass is 79.9. The number of nitrogens with one attached hydrogen (secondary N) is 1. The molecule has 0 unspecified atom stereocenters. The van der Waals surface area contributed by atoms with Crippen molar-refractivity contribution in [2.75, 3.05) is 19.8 Å². The van der Waals surface area contributed by atoms with Crippen molar-refractivity contribution >= 4 is 21.8 Å². The van der Waals surface area contributed by atoms with E-state index in [1.54, 1.807) is 0 Å². The molecule has 1 amide bonds. The number of para-hydroxylation sites is 1. The van der Waals surface area contributed by atoms with E-state index in [4.69, 9.17) is 9.47 Å². The van der Waals surface area contributed by atoms with E-state index in [0.717, 1.165) is 35.0 Å². The molecule has 0 bridgehead atoms. The van der Waals surface area contributed by atoms with Crippen LogP contribution in [0.5, 0.6) is 5.75 Å². The maximum absolute atomic E-state index is 12.3. The Morgan fingerprint density at radius 2 is 1.88 bits per heavy atom. The number of rotatable bonds is 8. The summed E-state index contributed by atoms with van der Waals surface area (Å²) < 4.78 is 12.0. The second-order valence-corrected chi connectivity index (χ2v) is 7.12. The average Bonchev–Trinajstić information content (AvgIpc) is 2.59. The molecule has 25 heavy (non-hydrogen) atoms. The molecule has 1 fully saturated rings. The third-order valence-corrected chi connectivity index (χ3v) is 4.93. The second kappa shape index (κ2) is 8.50. The molecule has 4 nitrogen and oxygen atoms in total. The molecular weight excluding hydrogens is 382 g/mol. The molecule has 1 aliphatic carbocycles. The van der Waals surface area contributed by atoms with E-state index in [1.165, 1.54) is 0 Å². The smallest absolute Gasteiger partial charge is 0.246 e. The van der Waals surface area contributed by atoms with E-state index in [2.05, 4.69) is 33.4 Å². The average molecular weight is 404 g/mol. The quantitative estimate of drug-likeness (QED) is 0.676. The number of halogens is 1. The van der Waals surface area contributed by atoms with Gasteiger partial charge < -0.3 is 14.8 Å². The first-order chi connectivity index (χ1) is 12.2. The normalized spacial score (nSPS) is 15.2. The molecule has 0 aliphatic heterocycles. The Bertz CT molecular complexity index is 701. The first kappa shape index (κ1) is 18.0. The minimum atomic E-state index is -0.245. The Kier molecular flexibility index (Phi) is 6.10. The lowest BCUT2D eigenvalue weighted by Crippen LogP contribution is -2.51. The number of hydrogen-bond donors (Lipinski definition) is 1. The first-order valence-electron chi connectivity index (χ1n) is 8.51. The van der Waals surface area contributed by atoms with E-state index in [-0.39, 0.29) is 18.1 Å². The van der Waals surface area contributed by atoms with Gasteiger partial charge in [-0.15, -0.1) is 0 Å². The highest BCUT2D eigenvalue weighted by molar-refractivity contribution is 9.10. The summed E-state index contributed by atoms with van der Waals surface area (Å²) in [4.78, 5) is 12.3. The monoisotopic (exact) mass is 403 g/mol. The lowest BCUT2D eigenvalue weighted by Gasteiger charge is -2.43. The number of ether oxygens (including phenoxy) is 2. The Hall–Kier alpha value is -1.85. The van der Waals surface area contributed by atoms with Gasteiger partial charge in [-0.05, 0) is 49.1 Å². The predicted octanol–water partition coefficient (Wildman–Crippen LogP) is 4.04. The van der Waals surface area contributed by atoms with Crippen molar-refractivity contribution in [2.24, 2.45) is 0 Å². The van der Waals surface area contributed by atoms with E-state index in [1.807, 2.05) is 42.5 Å². The minimum Gasteiger partial charge on any atom is -0.491 e. The fraction of sp³-hybridized carbons (Fsp3) is 0.350. The Morgan fingerprint density at radius 3 is 2.56 bits per heavy atom. The van der Waals surface area contributed by atoms with Gasteiger partial charge in [-0.1, -0.05) is 46.3 Å². The van der Waals surface area contributed by atoms with Crippen LogP contribution in [0.1, 0.15) is 24.8 Å². The molecule has 132 valence electrons. The summed E-state index contributed by atoms with van der Waals surface area (Å²) in [5.74, 6) is 0.720. The van der Waals surface area contributed by atoms with Crippen molar-refractivity contribution in [3.63, 3.8) is 0 Å². The minimum absolute atomic E-state index is 0.0495. The van der Waals surface area contributed by atoms with Gasteiger partial charge in [-0.2, -0.15) is 0 Å². The Labute approximate surface area is 156 Å². The third-order valence-electron chi connectivity index (χ3n) is 4.44. The lowest BCUT2D eigenvalue weighted by molar-refractivity contribution is -0.129. The molecule has 0 atom stereocenters. The van der Waals surface area contributed by atoms with Gasteiger partial charge in [-0.3, -0.25) is 4.79 Å². The largest absolute Gasteiger partial charge is 0.491 e. The SMILES string of the molecule is O=C(COCCOc1ccccc1)NC1(c2cccc(Br)c2)CCC1. The summed E-state index contributed by atoms with van der Waals surface area (Å²) in [6.45, 7) is 0.855. The van der Waals surface area contributed by atoms with E-state index < -0.39 is 0 Å². The van der Waals surface area contributed by atoms with Crippen LogP contribution in [0.3, 0.4) is 0 Å². The van der Waals surface area contributed by atoms with Crippen LogP contribution in [-0.2, 0) is 15.1 Å². The number of carbonyl (C=O) groups excluding carboxylic acids is 1. The zero-order valence-corrected chi connectivity index (χ0v) is 15.6. The fourth-order valence-corrected chi connectivity index (χ4v) is 3.40. The van der Waals surface area contributed by atoms with Gasteiger partial charge in [0.2, 0.25) is 5.91 Å². The van der Waals surface area contributed by atoms with Gasteiger partial charge in [0, 0.05) is 4.47 Å². The maximum atomic E-state index is 12.3. The van der Waals surface area contributed by atoms with Gasteiger partial charge in [-0.25, -0.2) is 0 Å². The maximum Gasteiger partial charge on any atom is 0.246 e. The standard InChI is InChI=1S/C20H22BrNO3/c21-17-7-4-6-16(14-17)20(10-5-11-20)22-19(23)15-24-12-13-25-18-8-2-1-3-9-18/h1-4,6-9,14H,5,10-13,15H2,(H,22,23). The molecular formula is C20H22BrNO3. The summed E-state index contributed by atoms with van der Waals surface area (Å²) in [6.07, 6.45) is 3.05. The van der Waals surface area contributed by atoms with Gasteiger partial charge in [0.1, 0.15) is 19.0 Å². The van der Waals surface area contributed by atoms with Crippen LogP contribution >= 0.6 is 15.9 Å². The topological polar surface area (TPSA) is 47.6 Å². The molecule has 0 radical (unpaired) electrons. The van der Waals surface area contributed by atoms with Crippen LogP contribution in [0.15, 0.2) is 59.1 Å². The summed E-state index contributed by atoms with van der Waals surface area (Å²) in [6, 6.07) is 17.7. The third kappa shape index (κ3) is 4.83. The van der Waals surface area contributed by atoms with Gasteiger partial charge in [0.15, 0.2) is 0 Å². The molecule has 0 spiro atoms. The second-order valence-electron chi connectivity index (χ2n) is 6.21. The predicted molar refractivity (Wildman–Crippen MR) is 101 cm³/mol. The molecule has 2 aromatic carbocycles. The van der Waals surface area contributed by atoms with Crippen molar-refractivity contribution in [3.8, 4) is 5.75 Å².